The van der Waals surface area contributed by atoms with E-state index >= 15 is 0 Å². The Morgan fingerprint density at radius 2 is 2.03 bits per heavy atom. The highest BCUT2D eigenvalue weighted by Gasteiger charge is 2.34. The summed E-state index contributed by atoms with van der Waals surface area (Å²) in [5, 5.41) is 11.8. The van der Waals surface area contributed by atoms with Gasteiger partial charge in [-0.3, -0.25) is 4.79 Å². The lowest BCUT2D eigenvalue weighted by atomic mass is 9.95. The van der Waals surface area contributed by atoms with Gasteiger partial charge in [-0.1, -0.05) is 64.9 Å². The third-order valence-corrected chi connectivity index (χ3v) is 6.61. The maximum Gasteiger partial charge on any atom is 0.255 e. The van der Waals surface area contributed by atoms with Crippen LogP contribution in [0.4, 0.5) is 11.6 Å². The summed E-state index contributed by atoms with van der Waals surface area (Å²) in [5.41, 5.74) is 4.15. The van der Waals surface area contributed by atoms with Crippen molar-refractivity contribution in [2.45, 2.75) is 38.4 Å². The quantitative estimate of drug-likeness (QED) is 0.422. The van der Waals surface area contributed by atoms with Gasteiger partial charge in [0.15, 0.2) is 0 Å². The van der Waals surface area contributed by atoms with Gasteiger partial charge in [-0.15, -0.1) is 5.10 Å². The van der Waals surface area contributed by atoms with Crippen molar-refractivity contribution < 1.29 is 4.79 Å². The lowest BCUT2D eigenvalue weighted by Gasteiger charge is -2.29. The number of allylic oxidation sites excluding steroid dienone is 1. The SMILES string of the molecule is CCCSc1nc2n(n1)C(c1cccc(Br)c1)C(C(=O)Nc1ccccc1C)=C(C)N2. The zero-order chi connectivity index (χ0) is 22.0. The molecule has 1 atom stereocenters. The minimum Gasteiger partial charge on any atom is -0.328 e. The van der Waals surface area contributed by atoms with Gasteiger partial charge in [-0.05, 0) is 49.6 Å². The molecular weight excluding hydrogens is 474 g/mol. The summed E-state index contributed by atoms with van der Waals surface area (Å²) in [6, 6.07) is 15.4. The first-order valence-electron chi connectivity index (χ1n) is 10.2. The first-order chi connectivity index (χ1) is 15.0. The Hall–Kier alpha value is -2.58. The van der Waals surface area contributed by atoms with E-state index in [0.29, 0.717) is 16.7 Å². The van der Waals surface area contributed by atoms with E-state index in [1.54, 1.807) is 11.8 Å². The summed E-state index contributed by atoms with van der Waals surface area (Å²) >= 11 is 5.18. The molecule has 0 saturated carbocycles. The molecule has 2 N–H and O–H groups in total. The van der Waals surface area contributed by atoms with Crippen molar-refractivity contribution in [2.75, 3.05) is 16.4 Å². The van der Waals surface area contributed by atoms with Crippen molar-refractivity contribution in [3.8, 4) is 0 Å². The molecule has 0 radical (unpaired) electrons. The largest absolute Gasteiger partial charge is 0.328 e. The number of aromatic nitrogens is 3. The fourth-order valence-corrected chi connectivity index (χ4v) is 4.67. The predicted molar refractivity (Wildman–Crippen MR) is 129 cm³/mol. The topological polar surface area (TPSA) is 71.8 Å². The summed E-state index contributed by atoms with van der Waals surface area (Å²) in [7, 11) is 0. The number of halogens is 1. The lowest BCUT2D eigenvalue weighted by molar-refractivity contribution is -0.113. The molecule has 6 nitrogen and oxygen atoms in total. The Balaban J connectivity index is 1.77. The number of para-hydroxylation sites is 1. The molecule has 0 bridgehead atoms. The number of thioether (sulfide) groups is 1. The van der Waals surface area contributed by atoms with Crippen molar-refractivity contribution in [1.82, 2.24) is 14.8 Å². The number of amides is 1. The highest BCUT2D eigenvalue weighted by molar-refractivity contribution is 9.10. The van der Waals surface area contributed by atoms with E-state index in [1.165, 1.54) is 0 Å². The van der Waals surface area contributed by atoms with Gasteiger partial charge in [0.05, 0.1) is 5.57 Å². The van der Waals surface area contributed by atoms with Crippen molar-refractivity contribution in [3.05, 3.63) is 75.4 Å². The lowest BCUT2D eigenvalue weighted by Crippen LogP contribution is -2.31. The molecule has 0 aliphatic carbocycles. The number of rotatable bonds is 6. The summed E-state index contributed by atoms with van der Waals surface area (Å²) in [5.74, 6) is 1.43. The van der Waals surface area contributed by atoms with Gasteiger partial charge < -0.3 is 10.6 Å². The second-order valence-corrected chi connectivity index (χ2v) is 9.38. The number of carbonyl (C=O) groups is 1. The van der Waals surface area contributed by atoms with Gasteiger partial charge in [-0.2, -0.15) is 4.98 Å². The molecule has 4 rings (SSSR count). The maximum absolute atomic E-state index is 13.5. The van der Waals surface area contributed by atoms with Crippen LogP contribution in [0.25, 0.3) is 0 Å². The van der Waals surface area contributed by atoms with Gasteiger partial charge in [0, 0.05) is 21.6 Å². The monoisotopic (exact) mass is 497 g/mol. The summed E-state index contributed by atoms with van der Waals surface area (Å²) in [6.07, 6.45) is 1.04. The molecule has 1 aliphatic heterocycles. The van der Waals surface area contributed by atoms with Gasteiger partial charge in [-0.25, -0.2) is 4.68 Å². The molecule has 31 heavy (non-hydrogen) atoms. The second kappa shape index (κ2) is 9.28. The zero-order valence-electron chi connectivity index (χ0n) is 17.6. The van der Waals surface area contributed by atoms with Crippen LogP contribution in [0.5, 0.6) is 0 Å². The third kappa shape index (κ3) is 4.55. The van der Waals surface area contributed by atoms with Gasteiger partial charge in [0.25, 0.3) is 5.91 Å². The van der Waals surface area contributed by atoms with Crippen molar-refractivity contribution >= 4 is 45.2 Å². The van der Waals surface area contributed by atoms with Crippen LogP contribution >= 0.6 is 27.7 Å². The third-order valence-electron chi connectivity index (χ3n) is 5.07. The minimum atomic E-state index is -0.388. The van der Waals surface area contributed by atoms with E-state index in [9.17, 15) is 4.79 Å². The smallest absolute Gasteiger partial charge is 0.255 e. The van der Waals surface area contributed by atoms with Crippen molar-refractivity contribution in [1.29, 1.82) is 0 Å². The molecule has 1 aromatic heterocycles. The van der Waals surface area contributed by atoms with Crippen LogP contribution in [-0.2, 0) is 4.79 Å². The molecular formula is C23H24BrN5OS. The molecule has 160 valence electrons. The van der Waals surface area contributed by atoms with Gasteiger partial charge in [0.1, 0.15) is 6.04 Å². The average Bonchev–Trinajstić information content (AvgIpc) is 3.15. The summed E-state index contributed by atoms with van der Waals surface area (Å²) in [6.45, 7) is 6.02. The predicted octanol–water partition coefficient (Wildman–Crippen LogP) is 5.78. The zero-order valence-corrected chi connectivity index (χ0v) is 20.0. The first-order valence-corrected chi connectivity index (χ1v) is 12.0. The summed E-state index contributed by atoms with van der Waals surface area (Å²) < 4.78 is 2.77. The Labute approximate surface area is 194 Å². The van der Waals surface area contributed by atoms with Gasteiger partial charge in [0.2, 0.25) is 11.1 Å². The molecule has 0 saturated heterocycles. The molecule has 2 aromatic carbocycles. The molecule has 1 unspecified atom stereocenters. The Morgan fingerprint density at radius 3 is 2.77 bits per heavy atom. The van der Waals surface area contributed by atoms with E-state index < -0.39 is 0 Å². The molecule has 8 heteroatoms. The van der Waals surface area contributed by atoms with Gasteiger partial charge >= 0.3 is 0 Å². The minimum absolute atomic E-state index is 0.159. The first kappa shape index (κ1) is 21.6. The molecule has 3 aromatic rings. The molecule has 1 aliphatic rings. The Morgan fingerprint density at radius 1 is 1.23 bits per heavy atom. The fraction of sp³-hybridized carbons (Fsp3) is 0.261. The normalized spacial score (nSPS) is 15.4. The highest BCUT2D eigenvalue weighted by Crippen LogP contribution is 2.37. The summed E-state index contributed by atoms with van der Waals surface area (Å²) in [4.78, 5) is 18.2. The van der Waals surface area contributed by atoms with Crippen LogP contribution < -0.4 is 10.6 Å². The standard InChI is InChI=1S/C23H24BrN5OS/c1-4-12-31-23-27-22-25-15(3)19(21(30)26-18-11-6-5-8-14(18)2)20(29(22)28-23)16-9-7-10-17(24)13-16/h5-11,13,20H,4,12H2,1-3H3,(H,26,30)(H,25,27,28). The second-order valence-electron chi connectivity index (χ2n) is 7.40. The Kier molecular flexibility index (Phi) is 6.48. The van der Waals surface area contributed by atoms with E-state index in [4.69, 9.17) is 5.10 Å². The highest BCUT2D eigenvalue weighted by atomic mass is 79.9. The number of benzene rings is 2. The van der Waals surface area contributed by atoms with E-state index in [-0.39, 0.29) is 11.9 Å². The van der Waals surface area contributed by atoms with Crippen LogP contribution in [0.3, 0.4) is 0 Å². The number of hydrogen-bond acceptors (Lipinski definition) is 5. The number of hydrogen-bond donors (Lipinski definition) is 2. The molecule has 0 spiro atoms. The van der Waals surface area contributed by atoms with Crippen molar-refractivity contribution in [3.63, 3.8) is 0 Å². The number of aryl methyl sites for hydroxylation is 1. The van der Waals surface area contributed by atoms with Crippen LogP contribution in [0.1, 0.15) is 37.4 Å². The van der Waals surface area contributed by atoms with Crippen LogP contribution in [0.15, 0.2) is 69.4 Å². The van der Waals surface area contributed by atoms with E-state index in [0.717, 1.165) is 39.2 Å². The number of anilines is 2. The molecule has 0 fully saturated rings. The fourth-order valence-electron chi connectivity index (χ4n) is 3.57. The van der Waals surface area contributed by atoms with E-state index in [2.05, 4.69) is 38.5 Å². The van der Waals surface area contributed by atoms with Crippen LogP contribution in [0, 0.1) is 6.92 Å². The number of fused-ring (bicyclic) bond motifs is 1. The Bertz CT molecular complexity index is 1160. The number of nitrogens with one attached hydrogen (secondary N) is 2. The number of nitrogens with zero attached hydrogens (tertiary/aromatic N) is 3. The van der Waals surface area contributed by atoms with Crippen LogP contribution in [-0.4, -0.2) is 26.4 Å². The van der Waals surface area contributed by atoms with Crippen molar-refractivity contribution in [2.24, 2.45) is 0 Å². The molecule has 1 amide bonds. The van der Waals surface area contributed by atoms with E-state index in [1.807, 2.05) is 67.1 Å². The number of carbonyl (C=O) groups excluding carboxylic acids is 1. The maximum atomic E-state index is 13.5. The average molecular weight is 498 g/mol. The molecule has 2 heterocycles. The van der Waals surface area contributed by atoms with Crippen LogP contribution in [0.2, 0.25) is 0 Å².